The van der Waals surface area contributed by atoms with E-state index in [-0.39, 0.29) is 36.5 Å². The van der Waals surface area contributed by atoms with Crippen LogP contribution in [0.3, 0.4) is 0 Å². The zero-order valence-electron chi connectivity index (χ0n) is 27.9. The Bertz CT molecular complexity index is 1740. The van der Waals surface area contributed by atoms with E-state index in [1.54, 1.807) is 11.8 Å². The number of nitrogens with zero attached hydrogens (tertiary/aromatic N) is 3. The van der Waals surface area contributed by atoms with Gasteiger partial charge >= 0.3 is 12.1 Å². The third kappa shape index (κ3) is 7.53. The van der Waals surface area contributed by atoms with Crippen LogP contribution in [0.1, 0.15) is 64.0 Å². The number of para-hydroxylation sites is 1. The van der Waals surface area contributed by atoms with Gasteiger partial charge in [-0.15, -0.1) is 0 Å². The number of piperidine rings is 1. The molecule has 4 aromatic rings. The smallest absolute Gasteiger partial charge is 0.410 e. The highest BCUT2D eigenvalue weighted by molar-refractivity contribution is 5.87. The molecule has 8 nitrogen and oxygen atoms in total. The summed E-state index contributed by atoms with van der Waals surface area (Å²) in [6, 6.07) is 26.9. The van der Waals surface area contributed by atoms with Crippen LogP contribution in [-0.2, 0) is 32.2 Å². The van der Waals surface area contributed by atoms with Gasteiger partial charge in [0.15, 0.2) is 0 Å². The Morgan fingerprint density at radius 3 is 2.34 bits per heavy atom. The summed E-state index contributed by atoms with van der Waals surface area (Å²) in [4.78, 5) is 44.3. The summed E-state index contributed by atoms with van der Waals surface area (Å²) in [7, 11) is 0. The number of likely N-dealkylation sites (tertiary alicyclic amines) is 1. The van der Waals surface area contributed by atoms with Crippen molar-refractivity contribution in [2.75, 3.05) is 19.7 Å². The number of amides is 2. The van der Waals surface area contributed by atoms with Gasteiger partial charge in [-0.25, -0.2) is 4.79 Å². The van der Waals surface area contributed by atoms with Crippen molar-refractivity contribution < 1.29 is 23.9 Å². The molecule has 1 aliphatic heterocycles. The molecule has 1 aromatic heterocycles. The number of ether oxygens (including phenoxy) is 2. The van der Waals surface area contributed by atoms with Crippen LogP contribution in [0.4, 0.5) is 4.79 Å². The van der Waals surface area contributed by atoms with Crippen LogP contribution in [0.15, 0.2) is 85.1 Å². The molecule has 3 aromatic carbocycles. The third-order valence-corrected chi connectivity index (χ3v) is 9.09. The van der Waals surface area contributed by atoms with Crippen LogP contribution in [0.25, 0.3) is 22.0 Å². The second-order valence-corrected chi connectivity index (χ2v) is 13.7. The zero-order chi connectivity index (χ0) is 33.1. The number of hydrogen-bond acceptors (Lipinski definition) is 5. The van der Waals surface area contributed by atoms with Crippen LogP contribution in [-0.4, -0.2) is 63.7 Å². The molecule has 0 radical (unpaired) electrons. The van der Waals surface area contributed by atoms with Gasteiger partial charge in [0.1, 0.15) is 12.1 Å². The van der Waals surface area contributed by atoms with Crippen LogP contribution < -0.4 is 0 Å². The van der Waals surface area contributed by atoms with Crippen molar-refractivity contribution in [3.8, 4) is 11.1 Å². The quantitative estimate of drug-likeness (QED) is 0.179. The average Bonchev–Trinajstić information content (AvgIpc) is 3.85. The predicted octanol–water partition coefficient (Wildman–Crippen LogP) is 7.40. The Morgan fingerprint density at radius 2 is 1.62 bits per heavy atom. The topological polar surface area (TPSA) is 81.1 Å². The lowest BCUT2D eigenvalue weighted by atomic mass is 9.79. The van der Waals surface area contributed by atoms with Gasteiger partial charge in [0.05, 0.1) is 12.5 Å². The maximum Gasteiger partial charge on any atom is 0.410 e. The van der Waals surface area contributed by atoms with E-state index >= 15 is 0 Å². The van der Waals surface area contributed by atoms with Crippen LogP contribution in [0.5, 0.6) is 0 Å². The molecule has 2 amide bonds. The summed E-state index contributed by atoms with van der Waals surface area (Å²) >= 11 is 0. The highest BCUT2D eigenvalue weighted by atomic mass is 16.6. The summed E-state index contributed by atoms with van der Waals surface area (Å²) in [5.74, 6) is -0.731. The Kier molecular flexibility index (Phi) is 9.39. The number of benzene rings is 3. The Morgan fingerprint density at radius 1 is 0.894 bits per heavy atom. The molecule has 2 atom stereocenters. The normalized spacial score (nSPS) is 18.2. The first-order valence-corrected chi connectivity index (χ1v) is 16.8. The molecule has 0 unspecified atom stereocenters. The summed E-state index contributed by atoms with van der Waals surface area (Å²) in [6.07, 6.45) is 4.16. The maximum absolute atomic E-state index is 14.8. The molecule has 2 fully saturated rings. The second kappa shape index (κ2) is 13.6. The monoisotopic (exact) mass is 635 g/mol. The fourth-order valence-electron chi connectivity index (χ4n) is 6.77. The molecule has 0 spiro atoms. The van der Waals surface area contributed by atoms with Gasteiger partial charge in [-0.1, -0.05) is 72.8 Å². The number of hydrogen-bond donors (Lipinski definition) is 0. The average molecular weight is 636 g/mol. The highest BCUT2D eigenvalue weighted by Crippen LogP contribution is 2.40. The van der Waals surface area contributed by atoms with Gasteiger partial charge in [0.25, 0.3) is 0 Å². The SMILES string of the molecule is CCOC(=O)Cn1cc(CN(C(=O)[C@H]2CN(C(=O)OC(C)(C)C)CC[C@@H]2c2cccc(-c3ccccc3)c2)C2CC2)c2ccccc21. The predicted molar refractivity (Wildman–Crippen MR) is 183 cm³/mol. The molecule has 47 heavy (non-hydrogen) atoms. The second-order valence-electron chi connectivity index (χ2n) is 13.7. The summed E-state index contributed by atoms with van der Waals surface area (Å²) < 4.78 is 12.9. The Hall–Kier alpha value is -4.59. The van der Waals surface area contributed by atoms with Crippen molar-refractivity contribution in [3.63, 3.8) is 0 Å². The molecule has 2 aliphatic rings. The molecule has 1 saturated carbocycles. The first kappa shape index (κ1) is 32.4. The van der Waals surface area contributed by atoms with Crippen molar-refractivity contribution in [1.29, 1.82) is 0 Å². The molecule has 2 heterocycles. The van der Waals surface area contributed by atoms with Crippen LogP contribution >= 0.6 is 0 Å². The molecule has 6 rings (SSSR count). The number of esters is 1. The standard InChI is InChI=1S/C39H45N3O5/c1-5-46-36(43)26-41-23-30(33-16-9-10-17-35(33)41)24-42(31-18-19-31)37(44)34-25-40(38(45)47-39(2,3)4)21-20-32(34)29-15-11-14-28(22-29)27-12-7-6-8-13-27/h6-17,22-23,31-32,34H,5,18-21,24-26H2,1-4H3/t32-,34+/m1/s1. The molecule has 1 saturated heterocycles. The largest absolute Gasteiger partial charge is 0.465 e. The minimum atomic E-state index is -0.630. The lowest BCUT2D eigenvalue weighted by Crippen LogP contribution is -2.51. The van der Waals surface area contributed by atoms with Crippen LogP contribution in [0, 0.1) is 5.92 Å². The van der Waals surface area contributed by atoms with Crippen molar-refractivity contribution in [3.05, 3.63) is 96.2 Å². The fraction of sp³-hybridized carbons (Fsp3) is 0.410. The van der Waals surface area contributed by atoms with Gasteiger partial charge in [-0.05, 0) is 81.2 Å². The van der Waals surface area contributed by atoms with Gasteiger partial charge in [0, 0.05) is 42.8 Å². The summed E-state index contributed by atoms with van der Waals surface area (Å²) in [5, 5.41) is 1.02. The van der Waals surface area contributed by atoms with Gasteiger partial charge < -0.3 is 23.8 Å². The number of fused-ring (bicyclic) bond motifs is 1. The summed E-state index contributed by atoms with van der Waals surface area (Å²) in [5.41, 5.74) is 4.64. The van der Waals surface area contributed by atoms with Gasteiger partial charge in [-0.2, -0.15) is 0 Å². The van der Waals surface area contributed by atoms with E-state index in [1.807, 2.05) is 78.9 Å². The molecule has 1 aliphatic carbocycles. The van der Waals surface area contributed by atoms with E-state index in [2.05, 4.69) is 36.4 Å². The van der Waals surface area contributed by atoms with E-state index in [1.165, 1.54) is 0 Å². The van der Waals surface area contributed by atoms with Crippen molar-refractivity contribution >= 4 is 28.9 Å². The van der Waals surface area contributed by atoms with E-state index in [4.69, 9.17) is 9.47 Å². The number of aromatic nitrogens is 1. The minimum Gasteiger partial charge on any atom is -0.465 e. The molecule has 0 N–H and O–H groups in total. The van der Waals surface area contributed by atoms with Crippen LogP contribution in [0.2, 0.25) is 0 Å². The number of carbonyl (C=O) groups excluding carboxylic acids is 3. The molecule has 246 valence electrons. The number of carbonyl (C=O) groups is 3. The highest BCUT2D eigenvalue weighted by Gasteiger charge is 2.43. The Balaban J connectivity index is 1.33. The third-order valence-electron chi connectivity index (χ3n) is 9.09. The number of rotatable bonds is 9. The Labute approximate surface area is 277 Å². The maximum atomic E-state index is 14.8. The summed E-state index contributed by atoms with van der Waals surface area (Å²) in [6.45, 7) is 9.07. The first-order chi connectivity index (χ1) is 22.6. The molecular formula is C39H45N3O5. The zero-order valence-corrected chi connectivity index (χ0v) is 27.9. The van der Waals surface area contributed by atoms with Crippen molar-refractivity contribution in [2.24, 2.45) is 5.92 Å². The van der Waals surface area contributed by atoms with E-state index in [0.717, 1.165) is 46.0 Å². The molecule has 8 heteroatoms. The lowest BCUT2D eigenvalue weighted by molar-refractivity contribution is -0.143. The first-order valence-electron chi connectivity index (χ1n) is 16.8. The van der Waals surface area contributed by atoms with E-state index in [9.17, 15) is 14.4 Å². The van der Waals surface area contributed by atoms with Gasteiger partial charge in [0.2, 0.25) is 5.91 Å². The van der Waals surface area contributed by atoms with Gasteiger partial charge in [-0.3, -0.25) is 9.59 Å². The molecule has 0 bridgehead atoms. The molecular weight excluding hydrogens is 590 g/mol. The lowest BCUT2D eigenvalue weighted by Gasteiger charge is -2.40. The van der Waals surface area contributed by atoms with Crippen molar-refractivity contribution in [1.82, 2.24) is 14.4 Å². The minimum absolute atomic E-state index is 0.0538. The fourth-order valence-corrected chi connectivity index (χ4v) is 6.77. The van der Waals surface area contributed by atoms with E-state index in [0.29, 0.717) is 32.7 Å². The van der Waals surface area contributed by atoms with E-state index < -0.39 is 11.5 Å². The van der Waals surface area contributed by atoms with Crippen molar-refractivity contribution in [2.45, 2.75) is 77.6 Å².